The molecule has 0 unspecified atom stereocenters. The molecule has 16 heteroatoms. The number of aromatic nitrogens is 3. The highest BCUT2D eigenvalue weighted by Gasteiger charge is 2.30. The van der Waals surface area contributed by atoms with Crippen LogP contribution in [-0.2, 0) is 27.1 Å². The number of nitrogens with zero attached hydrogens (tertiary/aromatic N) is 5. The van der Waals surface area contributed by atoms with Crippen molar-refractivity contribution >= 4 is 40.9 Å². The molecule has 4 aromatic carbocycles. The number of amidine groups is 1. The zero-order valence-corrected chi connectivity index (χ0v) is 29.6. The molecule has 0 atom stereocenters. The third-order valence-electron chi connectivity index (χ3n) is 7.41. The zero-order valence-electron chi connectivity index (χ0n) is 28.8. The maximum absolute atomic E-state index is 12.9. The van der Waals surface area contributed by atoms with E-state index >= 15 is 0 Å². The van der Waals surface area contributed by atoms with Gasteiger partial charge in [-0.05, 0) is 84.3 Å². The molecule has 0 saturated heterocycles. The summed E-state index contributed by atoms with van der Waals surface area (Å²) in [6.07, 6.45) is -2.18. The van der Waals surface area contributed by atoms with Gasteiger partial charge >= 0.3 is 18.2 Å². The van der Waals surface area contributed by atoms with Gasteiger partial charge in [-0.25, -0.2) is 19.5 Å². The third kappa shape index (κ3) is 11.2. The Balaban J connectivity index is 1.19. The quantitative estimate of drug-likeness (QED) is 0.0441. The van der Waals surface area contributed by atoms with Gasteiger partial charge < -0.3 is 19.5 Å². The maximum Gasteiger partial charge on any atom is 0.416 e. The monoisotopic (exact) mass is 745 g/mol. The SMILES string of the molecule is COc1cc(C)c(N=C(N/N=C\c2ccc(-c3ncn(-c4ccc(C(F)(F)F)cc4)n3)cc2)SCOC(=O)CNC(=O)OCc2ccccc2)c(C)c1. The molecule has 1 heterocycles. The fourth-order valence-corrected chi connectivity index (χ4v) is 5.30. The average Bonchev–Trinajstić information content (AvgIpc) is 3.65. The Morgan fingerprint density at radius 1 is 0.943 bits per heavy atom. The second-order valence-corrected chi connectivity index (χ2v) is 12.2. The molecular weight excluding hydrogens is 712 g/mol. The highest BCUT2D eigenvalue weighted by Crippen LogP contribution is 2.31. The first-order valence-corrected chi connectivity index (χ1v) is 16.9. The first kappa shape index (κ1) is 38.1. The van der Waals surface area contributed by atoms with E-state index in [0.29, 0.717) is 33.7 Å². The van der Waals surface area contributed by atoms with E-state index in [-0.39, 0.29) is 19.1 Å². The number of alkyl carbamates (subject to hydrolysis) is 1. The predicted molar refractivity (Wildman–Crippen MR) is 195 cm³/mol. The summed E-state index contributed by atoms with van der Waals surface area (Å²) in [4.78, 5) is 33.3. The molecule has 2 N–H and O–H groups in total. The molecule has 0 aliphatic carbocycles. The number of esters is 1. The van der Waals surface area contributed by atoms with E-state index in [4.69, 9.17) is 19.2 Å². The van der Waals surface area contributed by atoms with Crippen LogP contribution in [-0.4, -0.2) is 57.8 Å². The van der Waals surface area contributed by atoms with Gasteiger partial charge in [-0.3, -0.25) is 10.2 Å². The van der Waals surface area contributed by atoms with Gasteiger partial charge in [0.2, 0.25) is 0 Å². The van der Waals surface area contributed by atoms with Crippen molar-refractivity contribution in [2.45, 2.75) is 26.6 Å². The summed E-state index contributed by atoms with van der Waals surface area (Å²) in [7, 11) is 1.58. The molecule has 274 valence electrons. The van der Waals surface area contributed by atoms with Gasteiger partial charge in [-0.2, -0.15) is 18.3 Å². The summed E-state index contributed by atoms with van der Waals surface area (Å²) >= 11 is 1.08. The van der Waals surface area contributed by atoms with Crippen molar-refractivity contribution in [1.29, 1.82) is 0 Å². The van der Waals surface area contributed by atoms with Crippen LogP contribution in [0.2, 0.25) is 0 Å². The van der Waals surface area contributed by atoms with Crippen molar-refractivity contribution in [2.75, 3.05) is 19.6 Å². The number of nitrogens with one attached hydrogen (secondary N) is 2. The summed E-state index contributed by atoms with van der Waals surface area (Å²) in [5.41, 5.74) is 7.20. The summed E-state index contributed by atoms with van der Waals surface area (Å²) in [6.45, 7) is 3.47. The van der Waals surface area contributed by atoms with E-state index in [1.165, 1.54) is 23.1 Å². The molecule has 53 heavy (non-hydrogen) atoms. The second-order valence-electron chi connectivity index (χ2n) is 11.3. The summed E-state index contributed by atoms with van der Waals surface area (Å²) in [5, 5.41) is 11.4. The number of hydrogen-bond acceptors (Lipinski definition) is 10. The van der Waals surface area contributed by atoms with E-state index in [9.17, 15) is 22.8 Å². The minimum absolute atomic E-state index is 0.0647. The van der Waals surface area contributed by atoms with Gasteiger partial charge in [0, 0.05) is 5.56 Å². The van der Waals surface area contributed by atoms with E-state index in [1.807, 2.05) is 56.3 Å². The number of aryl methyl sites for hydroxylation is 2. The summed E-state index contributed by atoms with van der Waals surface area (Å²) in [6, 6.07) is 24.6. The summed E-state index contributed by atoms with van der Waals surface area (Å²) < 4.78 is 55.9. The normalized spacial score (nSPS) is 11.7. The van der Waals surface area contributed by atoms with Crippen molar-refractivity contribution < 1.29 is 37.0 Å². The van der Waals surface area contributed by atoms with Gasteiger partial charge in [0.25, 0.3) is 0 Å². The molecule has 1 aromatic heterocycles. The maximum atomic E-state index is 12.9. The molecule has 12 nitrogen and oxygen atoms in total. The van der Waals surface area contributed by atoms with Gasteiger partial charge in [-0.15, -0.1) is 5.10 Å². The molecule has 0 saturated carbocycles. The largest absolute Gasteiger partial charge is 0.497 e. The smallest absolute Gasteiger partial charge is 0.416 e. The fraction of sp³-hybridized carbons (Fsp3) is 0.189. The van der Waals surface area contributed by atoms with Crippen LogP contribution in [0.5, 0.6) is 5.75 Å². The first-order chi connectivity index (χ1) is 25.5. The standard InChI is InChI=1S/C37H34F3N7O5S/c1-24-17-31(50-3)18-25(2)33(24)44-35(53-23-52-32(48)20-41-36(49)51-21-27-7-5-4-6-8-27)45-43-19-26-9-11-28(12-10-26)34-42-22-47(46-34)30-15-13-29(14-16-30)37(38,39)40/h4-19,22H,20-21,23H2,1-3H3,(H,41,49)(H,44,45)/b43-19-. The first-order valence-electron chi connectivity index (χ1n) is 15.9. The number of amides is 1. The van der Waals surface area contributed by atoms with Crippen LogP contribution in [0.3, 0.4) is 0 Å². The topological polar surface area (TPSA) is 141 Å². The van der Waals surface area contributed by atoms with Crippen LogP contribution in [0.25, 0.3) is 17.1 Å². The van der Waals surface area contributed by atoms with E-state index in [1.54, 1.807) is 37.6 Å². The Kier molecular flexibility index (Phi) is 12.8. The van der Waals surface area contributed by atoms with Crippen LogP contribution in [0.4, 0.5) is 23.7 Å². The number of methoxy groups -OCH3 is 1. The second kappa shape index (κ2) is 17.9. The van der Waals surface area contributed by atoms with Gasteiger partial charge in [-0.1, -0.05) is 54.6 Å². The molecule has 5 rings (SSSR count). The Morgan fingerprint density at radius 3 is 2.30 bits per heavy atom. The Morgan fingerprint density at radius 2 is 1.64 bits per heavy atom. The molecule has 0 spiro atoms. The number of carbonyl (C=O) groups excluding carboxylic acids is 2. The number of benzene rings is 4. The summed E-state index contributed by atoms with van der Waals surface area (Å²) in [5.74, 6) is 0.271. The van der Waals surface area contributed by atoms with Gasteiger partial charge in [0.05, 0.1) is 30.3 Å². The lowest BCUT2D eigenvalue weighted by Crippen LogP contribution is -2.31. The van der Waals surface area contributed by atoms with Crippen molar-refractivity contribution in [3.8, 4) is 22.8 Å². The predicted octanol–water partition coefficient (Wildman–Crippen LogP) is 7.35. The van der Waals surface area contributed by atoms with Crippen LogP contribution in [0, 0.1) is 13.8 Å². The molecule has 0 bridgehead atoms. The minimum Gasteiger partial charge on any atom is -0.497 e. The number of hydrogen-bond donors (Lipinski definition) is 2. The molecular formula is C37H34F3N7O5S. The highest BCUT2D eigenvalue weighted by molar-refractivity contribution is 8.13. The number of alkyl halides is 3. The lowest BCUT2D eigenvalue weighted by Gasteiger charge is -2.11. The molecule has 5 aromatic rings. The fourth-order valence-electron chi connectivity index (χ4n) is 4.73. The van der Waals surface area contributed by atoms with Crippen LogP contribution >= 0.6 is 11.8 Å². The van der Waals surface area contributed by atoms with E-state index in [2.05, 4.69) is 25.9 Å². The van der Waals surface area contributed by atoms with Crippen molar-refractivity contribution in [3.63, 3.8) is 0 Å². The number of rotatable bonds is 12. The molecule has 0 aliphatic rings. The van der Waals surface area contributed by atoms with Crippen molar-refractivity contribution in [3.05, 3.63) is 125 Å². The number of hydrazone groups is 1. The Bertz CT molecular complexity index is 2050. The van der Waals surface area contributed by atoms with Crippen LogP contribution < -0.4 is 15.5 Å². The molecule has 0 fully saturated rings. The average molecular weight is 746 g/mol. The Labute approximate surface area is 307 Å². The molecule has 0 radical (unpaired) electrons. The van der Waals surface area contributed by atoms with Gasteiger partial charge in [0.1, 0.15) is 31.2 Å². The highest BCUT2D eigenvalue weighted by atomic mass is 32.2. The number of ether oxygens (including phenoxy) is 3. The number of thioether (sulfide) groups is 1. The van der Waals surface area contributed by atoms with Crippen molar-refractivity contribution in [1.82, 2.24) is 25.5 Å². The van der Waals surface area contributed by atoms with E-state index < -0.39 is 23.8 Å². The number of carbonyl (C=O) groups is 2. The number of halogens is 3. The van der Waals surface area contributed by atoms with Crippen LogP contribution in [0.15, 0.2) is 107 Å². The third-order valence-corrected chi connectivity index (χ3v) is 8.10. The van der Waals surface area contributed by atoms with Crippen molar-refractivity contribution in [2.24, 2.45) is 10.1 Å². The minimum atomic E-state index is -4.43. The lowest BCUT2D eigenvalue weighted by molar-refractivity contribution is -0.140. The lowest BCUT2D eigenvalue weighted by atomic mass is 10.1. The molecule has 0 aliphatic heterocycles. The van der Waals surface area contributed by atoms with E-state index in [0.717, 1.165) is 46.1 Å². The zero-order chi connectivity index (χ0) is 37.8. The number of aliphatic imine (C=N–C) groups is 1. The Hall–Kier alpha value is -6.16. The molecule has 1 amide bonds. The van der Waals surface area contributed by atoms with Gasteiger partial charge in [0.15, 0.2) is 11.0 Å². The van der Waals surface area contributed by atoms with Crippen LogP contribution in [0.1, 0.15) is 27.8 Å².